The van der Waals surface area contributed by atoms with Crippen LogP contribution in [-0.2, 0) is 22.4 Å². The number of aromatic amines is 1. The molecule has 0 aliphatic carbocycles. The minimum atomic E-state index is -0.00315. The monoisotopic (exact) mass is 442 g/mol. The number of Topliss-reactive ketones (excluding diaryl/α,β-unsaturated/α-hetero) is 2. The first-order valence-electron chi connectivity index (χ1n) is 12.4. The van der Waals surface area contributed by atoms with Crippen molar-refractivity contribution in [1.82, 2.24) is 15.6 Å². The lowest BCUT2D eigenvalue weighted by Gasteiger charge is -2.09. The summed E-state index contributed by atoms with van der Waals surface area (Å²) in [5.41, 5.74) is 5.51. The molecule has 0 amide bonds. The second-order valence-electron chi connectivity index (χ2n) is 9.19. The van der Waals surface area contributed by atoms with Crippen molar-refractivity contribution in [2.45, 2.75) is 50.6 Å². The first-order chi connectivity index (χ1) is 16.6. The van der Waals surface area contributed by atoms with Crippen molar-refractivity contribution in [2.24, 2.45) is 0 Å². The van der Waals surface area contributed by atoms with E-state index >= 15 is 0 Å². The molecule has 3 aromatic rings. The number of ketones is 2. The molecule has 0 bridgehead atoms. The van der Waals surface area contributed by atoms with Gasteiger partial charge in [-0.3, -0.25) is 9.59 Å². The summed E-state index contributed by atoms with van der Waals surface area (Å²) >= 11 is 0. The van der Waals surface area contributed by atoms with Crippen LogP contribution in [-0.4, -0.2) is 41.7 Å². The number of benzene rings is 2. The van der Waals surface area contributed by atoms with E-state index in [-0.39, 0.29) is 23.7 Å². The van der Waals surface area contributed by atoms with Gasteiger partial charge in [0.15, 0.2) is 13.0 Å². The molecule has 5 heteroatoms. The lowest BCUT2D eigenvalue weighted by molar-refractivity contribution is -0.120. The fraction of sp³-hybridized carbons (Fsp3) is 0.357. The summed E-state index contributed by atoms with van der Waals surface area (Å²) in [6.45, 7) is 1.86. The second kappa shape index (κ2) is 9.86. The number of rotatable bonds is 8. The lowest BCUT2D eigenvalue weighted by Crippen LogP contribution is -2.31. The van der Waals surface area contributed by atoms with Gasteiger partial charge in [0.1, 0.15) is 0 Å². The molecular weight excluding hydrogens is 410 g/mol. The van der Waals surface area contributed by atoms with Gasteiger partial charge >= 0.3 is 0 Å². The van der Waals surface area contributed by atoms with Crippen molar-refractivity contribution in [3.05, 3.63) is 71.8 Å². The Morgan fingerprint density at radius 1 is 0.697 bits per heavy atom. The second-order valence-corrected chi connectivity index (χ2v) is 9.19. The summed E-state index contributed by atoms with van der Waals surface area (Å²) in [5, 5.41) is 6.54. The molecule has 170 valence electrons. The van der Waals surface area contributed by atoms with Crippen LogP contribution >= 0.6 is 0 Å². The van der Waals surface area contributed by atoms with E-state index in [1.165, 1.54) is 4.98 Å². The highest BCUT2D eigenvalue weighted by atomic mass is 16.1. The summed E-state index contributed by atoms with van der Waals surface area (Å²) < 4.78 is 8.65. The van der Waals surface area contributed by atoms with Crippen LogP contribution in [0.1, 0.15) is 36.8 Å². The molecule has 2 atom stereocenters. The molecule has 0 saturated carbocycles. The third kappa shape index (κ3) is 5.15. The quantitative estimate of drug-likeness (QED) is 0.492. The standard InChI is InChI=1S/C28H31N3O2/c32-27(25-3-1-15-29-25)17-19-5-9-21(10-6-19)23-13-14-24(31-23)22-11-7-20(8-12-22)18-28(33)26-4-2-16-30-26/h5-14,25-26,29-31H,1-4,15-18H2/t25-,26-/m0/s1/i/hD. The van der Waals surface area contributed by atoms with E-state index in [0.29, 0.717) is 12.8 Å². The first-order valence-corrected chi connectivity index (χ1v) is 12.0. The number of hydrogen-bond donors (Lipinski definition) is 3. The largest absolute Gasteiger partial charge is 0.355 e. The Hall–Kier alpha value is -3.02. The molecule has 5 nitrogen and oxygen atoms in total. The van der Waals surface area contributed by atoms with Gasteiger partial charge < -0.3 is 15.6 Å². The molecule has 0 unspecified atom stereocenters. The van der Waals surface area contributed by atoms with Crippen LogP contribution in [0.25, 0.3) is 22.5 Å². The molecule has 3 heterocycles. The molecule has 33 heavy (non-hydrogen) atoms. The molecule has 0 radical (unpaired) electrons. The van der Waals surface area contributed by atoms with E-state index in [1.54, 1.807) is 0 Å². The molecule has 0 spiro atoms. The van der Waals surface area contributed by atoms with Crippen LogP contribution < -0.4 is 10.6 Å². The summed E-state index contributed by atoms with van der Waals surface area (Å²) in [6, 6.07) is 19.8. The topological polar surface area (TPSA) is 74.0 Å². The number of H-pyrrole nitrogens is 1. The lowest BCUT2D eigenvalue weighted by atomic mass is 10.0. The Balaban J connectivity index is 1.25. The average Bonchev–Trinajstić information content (AvgIpc) is 3.63. The van der Waals surface area contributed by atoms with E-state index < -0.39 is 0 Å². The van der Waals surface area contributed by atoms with Crippen molar-refractivity contribution in [3.8, 4) is 22.5 Å². The maximum Gasteiger partial charge on any atom is 0.167 e. The van der Waals surface area contributed by atoms with Crippen molar-refractivity contribution in [2.75, 3.05) is 13.1 Å². The smallest absolute Gasteiger partial charge is 0.167 e. The third-order valence-electron chi connectivity index (χ3n) is 6.79. The zero-order chi connectivity index (χ0) is 23.5. The van der Waals surface area contributed by atoms with E-state index in [0.717, 1.165) is 72.4 Å². The van der Waals surface area contributed by atoms with Gasteiger partial charge in [0.2, 0.25) is 0 Å². The first kappa shape index (κ1) is 20.6. The maximum atomic E-state index is 12.4. The number of hydrogen-bond acceptors (Lipinski definition) is 4. The molecular formula is C28H31N3O2. The molecule has 1 aromatic heterocycles. The number of aromatic nitrogens is 1. The molecule has 2 fully saturated rings. The molecule has 2 aliphatic rings. The van der Waals surface area contributed by atoms with Gasteiger partial charge in [-0.1, -0.05) is 48.5 Å². The number of carbonyl (C=O) groups is 2. The van der Waals surface area contributed by atoms with Gasteiger partial charge in [0.05, 0.1) is 12.1 Å². The molecule has 2 saturated heterocycles. The van der Waals surface area contributed by atoms with E-state index in [2.05, 4.69) is 10.6 Å². The summed E-state index contributed by atoms with van der Waals surface area (Å²) in [5.74, 6) is 0.502. The van der Waals surface area contributed by atoms with Crippen LogP contribution in [0.15, 0.2) is 60.7 Å². The van der Waals surface area contributed by atoms with E-state index in [4.69, 9.17) is 1.41 Å². The van der Waals surface area contributed by atoms with Crippen molar-refractivity contribution < 1.29 is 11.0 Å². The Morgan fingerprint density at radius 2 is 1.12 bits per heavy atom. The fourth-order valence-corrected chi connectivity index (χ4v) is 4.84. The van der Waals surface area contributed by atoms with E-state index in [1.807, 2.05) is 60.7 Å². The van der Waals surface area contributed by atoms with Gasteiger partial charge in [-0.2, -0.15) is 0 Å². The average molecular weight is 443 g/mol. The number of carbonyl (C=O) groups excluding carboxylic acids is 2. The van der Waals surface area contributed by atoms with Gasteiger partial charge in [0, 0.05) is 24.2 Å². The van der Waals surface area contributed by atoms with Crippen LogP contribution in [0.3, 0.4) is 0 Å². The molecule has 2 aromatic carbocycles. The highest BCUT2D eigenvalue weighted by Crippen LogP contribution is 2.26. The Bertz CT molecular complexity index is 1060. The zero-order valence-electron chi connectivity index (χ0n) is 19.8. The van der Waals surface area contributed by atoms with Crippen molar-refractivity contribution in [3.63, 3.8) is 0 Å². The normalized spacial score (nSPS) is 20.7. The minimum Gasteiger partial charge on any atom is -0.355 e. The van der Waals surface area contributed by atoms with Crippen LogP contribution in [0.4, 0.5) is 0 Å². The van der Waals surface area contributed by atoms with E-state index in [9.17, 15) is 9.59 Å². The third-order valence-corrected chi connectivity index (χ3v) is 6.79. The number of nitrogens with one attached hydrogen (secondary N) is 3. The minimum absolute atomic E-state index is 0.00315. The van der Waals surface area contributed by atoms with Crippen LogP contribution in [0, 0.1) is 0 Å². The van der Waals surface area contributed by atoms with Gasteiger partial charge in [-0.05, 0) is 73.2 Å². The molecule has 2 aliphatic heterocycles. The maximum absolute atomic E-state index is 12.4. The van der Waals surface area contributed by atoms with Gasteiger partial charge in [0.25, 0.3) is 0 Å². The molecule has 5 rings (SSSR count). The van der Waals surface area contributed by atoms with Crippen molar-refractivity contribution >= 4 is 11.6 Å². The SMILES string of the molecule is [2H]n1c(-c2ccc(CC(=O)[C@@H]3CCCN3)cc2)ccc1-c1ccc(CC(=O)[C@@H]2CCCN2)cc1. The van der Waals surface area contributed by atoms with Gasteiger partial charge in [-0.25, -0.2) is 0 Å². The van der Waals surface area contributed by atoms with Crippen LogP contribution in [0.2, 0.25) is 1.41 Å². The summed E-state index contributed by atoms with van der Waals surface area (Å²) in [4.78, 5) is 26.3. The summed E-state index contributed by atoms with van der Waals surface area (Å²) in [7, 11) is 0. The highest BCUT2D eigenvalue weighted by molar-refractivity contribution is 5.87. The van der Waals surface area contributed by atoms with Crippen molar-refractivity contribution in [1.29, 1.82) is 0 Å². The Kier molecular flexibility index (Phi) is 6.15. The Labute approximate surface area is 196 Å². The highest BCUT2D eigenvalue weighted by Gasteiger charge is 2.22. The fourth-order valence-electron chi connectivity index (χ4n) is 4.84. The predicted molar refractivity (Wildman–Crippen MR) is 131 cm³/mol. The zero-order valence-corrected chi connectivity index (χ0v) is 18.8. The predicted octanol–water partition coefficient (Wildman–Crippen LogP) is 4.08. The van der Waals surface area contributed by atoms with Crippen LogP contribution in [0.5, 0.6) is 0 Å². The Morgan fingerprint density at radius 3 is 1.48 bits per heavy atom. The summed E-state index contributed by atoms with van der Waals surface area (Å²) in [6.07, 6.45) is 4.88. The molecule has 3 N–H and O–H groups in total. The van der Waals surface area contributed by atoms with Gasteiger partial charge in [-0.15, -0.1) is 0 Å².